The van der Waals surface area contributed by atoms with Crippen LogP contribution in [-0.2, 0) is 12.0 Å². The molecule has 3 nitrogen and oxygen atoms in total. The second-order valence-corrected chi connectivity index (χ2v) is 8.84. The van der Waals surface area contributed by atoms with Gasteiger partial charge in [0.25, 0.3) is 5.65 Å². The number of rotatable bonds is 3. The molecule has 2 aromatic carbocycles. The summed E-state index contributed by atoms with van der Waals surface area (Å²) in [5, 5.41) is 0. The summed E-state index contributed by atoms with van der Waals surface area (Å²) in [7, 11) is 0. The van der Waals surface area contributed by atoms with Crippen LogP contribution in [0.5, 0.6) is 0 Å². The smallest absolute Gasteiger partial charge is 0.287 e. The van der Waals surface area contributed by atoms with Crippen molar-refractivity contribution in [3.05, 3.63) is 102 Å². The third-order valence-corrected chi connectivity index (χ3v) is 5.62. The van der Waals surface area contributed by atoms with E-state index in [9.17, 15) is 0 Å². The van der Waals surface area contributed by atoms with E-state index in [4.69, 9.17) is 4.98 Å². The fourth-order valence-electron chi connectivity index (χ4n) is 4.05. The maximum atomic E-state index is 5.21. The lowest BCUT2D eigenvalue weighted by atomic mass is 9.91. The molecule has 0 spiro atoms. The largest absolute Gasteiger partial charge is 1.00 e. The molecule has 5 aromatic rings. The molecule has 156 valence electrons. The van der Waals surface area contributed by atoms with E-state index in [0.717, 1.165) is 23.5 Å². The molecule has 3 heterocycles. The van der Waals surface area contributed by atoms with Gasteiger partial charge in [-0.1, -0.05) is 87.5 Å². The third-order valence-electron chi connectivity index (χ3n) is 5.62. The van der Waals surface area contributed by atoms with Gasteiger partial charge in [0.2, 0.25) is 5.52 Å². The SMILES string of the molecule is CC(C)(C)c1cc2c(c(-c3ccccc3)n1)[n+](Cc1ccccc1)c1ccccn21.[Br-]. The molecule has 0 N–H and O–H groups in total. The van der Waals surface area contributed by atoms with Gasteiger partial charge in [0.05, 0.1) is 11.9 Å². The summed E-state index contributed by atoms with van der Waals surface area (Å²) in [5.74, 6) is 0. The molecule has 4 heteroatoms. The monoisotopic (exact) mass is 471 g/mol. The molecule has 0 saturated heterocycles. The zero-order valence-corrected chi connectivity index (χ0v) is 19.7. The van der Waals surface area contributed by atoms with Crippen molar-refractivity contribution in [2.24, 2.45) is 0 Å². The van der Waals surface area contributed by atoms with Gasteiger partial charge in [0.15, 0.2) is 5.52 Å². The fraction of sp³-hybridized carbons (Fsp3) is 0.185. The molecule has 0 saturated carbocycles. The van der Waals surface area contributed by atoms with Crippen molar-refractivity contribution < 1.29 is 21.5 Å². The highest BCUT2D eigenvalue weighted by atomic mass is 79.9. The van der Waals surface area contributed by atoms with E-state index in [1.165, 1.54) is 22.2 Å². The molecule has 0 amide bonds. The zero-order chi connectivity index (χ0) is 20.7. The lowest BCUT2D eigenvalue weighted by Gasteiger charge is -2.18. The van der Waals surface area contributed by atoms with Crippen LogP contribution in [0.25, 0.3) is 27.9 Å². The normalized spacial score (nSPS) is 11.6. The van der Waals surface area contributed by atoms with Gasteiger partial charge in [-0.15, -0.1) is 0 Å². The van der Waals surface area contributed by atoms with Crippen molar-refractivity contribution in [3.63, 3.8) is 0 Å². The molecule has 0 aliphatic heterocycles. The van der Waals surface area contributed by atoms with Crippen molar-refractivity contribution in [2.75, 3.05) is 0 Å². The first-order chi connectivity index (χ1) is 14.5. The Bertz CT molecular complexity index is 1330. The molecule has 0 unspecified atom stereocenters. The average molecular weight is 472 g/mol. The Kier molecular flexibility index (Phi) is 5.67. The molecule has 0 atom stereocenters. The predicted molar refractivity (Wildman–Crippen MR) is 123 cm³/mol. The van der Waals surface area contributed by atoms with Crippen LogP contribution in [-0.4, -0.2) is 9.38 Å². The lowest BCUT2D eigenvalue weighted by Crippen LogP contribution is -3.00. The summed E-state index contributed by atoms with van der Waals surface area (Å²) >= 11 is 0. The zero-order valence-electron chi connectivity index (χ0n) is 18.1. The minimum Gasteiger partial charge on any atom is -1.00 e. The number of hydrogen-bond acceptors (Lipinski definition) is 1. The van der Waals surface area contributed by atoms with Gasteiger partial charge in [-0.25, -0.2) is 9.55 Å². The van der Waals surface area contributed by atoms with E-state index < -0.39 is 0 Å². The van der Waals surface area contributed by atoms with Crippen LogP contribution >= 0.6 is 0 Å². The lowest BCUT2D eigenvalue weighted by molar-refractivity contribution is -0.636. The minimum atomic E-state index is -0.0408. The van der Waals surface area contributed by atoms with E-state index in [1.807, 2.05) is 0 Å². The molecule has 0 fully saturated rings. The molecule has 0 radical (unpaired) electrons. The summed E-state index contributed by atoms with van der Waals surface area (Å²) in [6.45, 7) is 7.48. The van der Waals surface area contributed by atoms with E-state index in [0.29, 0.717) is 0 Å². The number of benzene rings is 2. The van der Waals surface area contributed by atoms with Crippen molar-refractivity contribution >= 4 is 16.7 Å². The molecule has 0 aliphatic rings. The number of fused-ring (bicyclic) bond motifs is 3. The highest BCUT2D eigenvalue weighted by molar-refractivity contribution is 5.89. The summed E-state index contributed by atoms with van der Waals surface area (Å²) in [4.78, 5) is 5.21. The molecule has 5 rings (SSSR count). The second-order valence-electron chi connectivity index (χ2n) is 8.84. The Hall–Kier alpha value is -2.98. The van der Waals surface area contributed by atoms with Gasteiger partial charge in [-0.05, 0) is 11.6 Å². The Labute approximate surface area is 193 Å². The molecular formula is C27H26BrN3. The maximum Gasteiger partial charge on any atom is 0.287 e. The molecular weight excluding hydrogens is 446 g/mol. The molecule has 31 heavy (non-hydrogen) atoms. The van der Waals surface area contributed by atoms with E-state index in [1.54, 1.807) is 0 Å². The van der Waals surface area contributed by atoms with Crippen molar-refractivity contribution in [1.29, 1.82) is 0 Å². The third kappa shape index (κ3) is 3.88. The Morgan fingerprint density at radius 3 is 2.16 bits per heavy atom. The number of nitrogens with zero attached hydrogens (tertiary/aromatic N) is 3. The summed E-state index contributed by atoms with van der Waals surface area (Å²) in [6, 6.07) is 29.8. The Morgan fingerprint density at radius 1 is 0.839 bits per heavy atom. The van der Waals surface area contributed by atoms with Crippen LogP contribution < -0.4 is 21.5 Å². The van der Waals surface area contributed by atoms with Gasteiger partial charge in [-0.3, -0.25) is 0 Å². The van der Waals surface area contributed by atoms with Crippen molar-refractivity contribution in [3.8, 4) is 11.3 Å². The minimum absolute atomic E-state index is 0. The average Bonchev–Trinajstić information content (AvgIpc) is 3.08. The quantitative estimate of drug-likeness (QED) is 0.370. The Balaban J connectivity index is 0.00000231. The first-order valence-electron chi connectivity index (χ1n) is 10.5. The van der Waals surface area contributed by atoms with Gasteiger partial charge in [-0.2, -0.15) is 4.40 Å². The topological polar surface area (TPSA) is 21.2 Å². The van der Waals surface area contributed by atoms with Crippen LogP contribution in [0, 0.1) is 0 Å². The van der Waals surface area contributed by atoms with Gasteiger partial charge < -0.3 is 17.0 Å². The second kappa shape index (κ2) is 8.27. The number of aromatic nitrogens is 3. The summed E-state index contributed by atoms with van der Waals surface area (Å²) in [5.41, 5.74) is 8.06. The first kappa shape index (κ1) is 21.3. The predicted octanol–water partition coefficient (Wildman–Crippen LogP) is 2.79. The van der Waals surface area contributed by atoms with E-state index >= 15 is 0 Å². The molecule has 0 bridgehead atoms. The van der Waals surface area contributed by atoms with Crippen LogP contribution in [0.3, 0.4) is 0 Å². The van der Waals surface area contributed by atoms with Crippen molar-refractivity contribution in [2.45, 2.75) is 32.7 Å². The summed E-state index contributed by atoms with van der Waals surface area (Å²) < 4.78 is 4.69. The van der Waals surface area contributed by atoms with E-state index in [2.05, 4.69) is 121 Å². The number of pyridine rings is 2. The standard InChI is InChI=1S/C27H26N3.BrH/c1-27(2,3)23-18-22-26(25(28-23)21-14-8-5-9-15-21)30(19-20-12-6-4-7-13-20)24-16-10-11-17-29(22)24;/h4-18H,19H2,1-3H3;1H/q+1;/p-1. The Morgan fingerprint density at radius 2 is 1.48 bits per heavy atom. The summed E-state index contributed by atoms with van der Waals surface area (Å²) in [6.07, 6.45) is 2.15. The van der Waals surface area contributed by atoms with Gasteiger partial charge in [0, 0.05) is 23.1 Å². The fourth-order valence-corrected chi connectivity index (χ4v) is 4.05. The van der Waals surface area contributed by atoms with Crippen LogP contribution in [0.2, 0.25) is 0 Å². The van der Waals surface area contributed by atoms with E-state index in [-0.39, 0.29) is 22.4 Å². The number of imidazole rings is 1. The molecule has 0 aliphatic carbocycles. The number of halogens is 1. The van der Waals surface area contributed by atoms with Gasteiger partial charge in [0.1, 0.15) is 12.2 Å². The highest BCUT2D eigenvalue weighted by Gasteiger charge is 2.27. The van der Waals surface area contributed by atoms with Crippen LogP contribution in [0.15, 0.2) is 91.1 Å². The first-order valence-corrected chi connectivity index (χ1v) is 10.5. The van der Waals surface area contributed by atoms with Crippen LogP contribution in [0.1, 0.15) is 32.0 Å². The maximum absolute atomic E-state index is 5.21. The highest BCUT2D eigenvalue weighted by Crippen LogP contribution is 2.31. The van der Waals surface area contributed by atoms with Gasteiger partial charge >= 0.3 is 0 Å². The van der Waals surface area contributed by atoms with Crippen LogP contribution in [0.4, 0.5) is 0 Å². The van der Waals surface area contributed by atoms with Crippen molar-refractivity contribution in [1.82, 2.24) is 9.38 Å². The molecule has 3 aromatic heterocycles. The number of hydrogen-bond donors (Lipinski definition) is 0.